The van der Waals surface area contributed by atoms with Crippen LogP contribution in [0.15, 0.2) is 0 Å². The monoisotopic (exact) mass is 115 g/mol. The van der Waals surface area contributed by atoms with Gasteiger partial charge in [0.2, 0.25) is 0 Å². The largest absolute Gasteiger partial charge is 0.344 e. The molecule has 20 valence electrons. The van der Waals surface area contributed by atoms with Crippen LogP contribution in [0.3, 0.4) is 0 Å². The van der Waals surface area contributed by atoms with E-state index < -0.39 is 0 Å². The van der Waals surface area contributed by atoms with Gasteiger partial charge in [0.05, 0.1) is 0 Å². The normalized spacial score (nSPS) is 0. The van der Waals surface area contributed by atoms with E-state index in [2.05, 4.69) is 0 Å². The fraction of sp³-hybridized carbons (Fsp3) is 0. The van der Waals surface area contributed by atoms with Crippen molar-refractivity contribution < 1.29 is 0 Å². The van der Waals surface area contributed by atoms with E-state index in [1.165, 1.54) is 0 Å². The molecule has 0 unspecified atom stereocenters. The molecule has 0 aromatic carbocycles. The summed E-state index contributed by atoms with van der Waals surface area (Å²) in [4.78, 5) is 0. The van der Waals surface area contributed by atoms with Crippen LogP contribution >= 0.6 is 13.5 Å². The first-order chi connectivity index (χ1) is 0. The van der Waals surface area contributed by atoms with Crippen LogP contribution in [0, 0.1) is 0 Å². The summed E-state index contributed by atoms with van der Waals surface area (Å²) in [5.41, 5.74) is 0. The number of hydrogen-bond donors (Lipinski definition) is 1. The van der Waals surface area contributed by atoms with Crippen molar-refractivity contribution >= 4 is 74.3 Å². The number of hydrogen-bond acceptors (Lipinski definition) is 1. The molecule has 1 nitrogen and oxygen atoms in total. The first-order valence-corrected chi connectivity index (χ1v) is 0. The van der Waals surface area contributed by atoms with Crippen molar-refractivity contribution in [1.82, 2.24) is 6.15 Å². The van der Waals surface area contributed by atoms with E-state index in [0.717, 1.165) is 0 Å². The van der Waals surface area contributed by atoms with E-state index in [0.29, 0.717) is 0 Å². The second-order valence-corrected chi connectivity index (χ2v) is 0. The molecule has 0 aliphatic heterocycles. The quantitative estimate of drug-likeness (QED) is 0.425. The Hall–Kier alpha value is 2.34. The first kappa shape index (κ1) is 33.1. The van der Waals surface area contributed by atoms with Gasteiger partial charge in [0.15, 0.2) is 0 Å². The topological polar surface area (TPSA) is 35.0 Å². The van der Waals surface area contributed by atoms with Gasteiger partial charge in [-0.3, -0.25) is 0 Å². The predicted molar refractivity (Wildman–Crippen MR) is 26.9 cm³/mol. The van der Waals surface area contributed by atoms with Crippen molar-refractivity contribution in [1.29, 1.82) is 0 Å². The summed E-state index contributed by atoms with van der Waals surface area (Å²) in [6, 6.07) is 0. The fourth-order valence-electron chi connectivity index (χ4n) is 0. The summed E-state index contributed by atoms with van der Waals surface area (Å²) in [5, 5.41) is 0. The fourth-order valence-corrected chi connectivity index (χ4v) is 0. The van der Waals surface area contributed by atoms with Crippen molar-refractivity contribution in [2.45, 2.75) is 0 Å². The third kappa shape index (κ3) is 8.84. The van der Waals surface area contributed by atoms with E-state index in [1.54, 1.807) is 0 Å². The Balaban J connectivity index is 0. The Kier molecular flexibility index (Phi) is 152. The Morgan fingerprint density at radius 1 is 1.00 bits per heavy atom. The molecule has 0 bridgehead atoms. The predicted octanol–water partition coefficient (Wildman–Crippen LogP) is -0.487. The van der Waals surface area contributed by atoms with E-state index in [4.69, 9.17) is 0 Å². The van der Waals surface area contributed by atoms with E-state index >= 15 is 0 Å². The second-order valence-electron chi connectivity index (χ2n) is 0. The molecule has 0 aromatic heterocycles. The third-order valence-corrected chi connectivity index (χ3v) is 0. The Labute approximate surface area is 79.1 Å². The maximum absolute atomic E-state index is 0. The molecular formula is H5CaMgNS. The van der Waals surface area contributed by atoms with Crippen LogP contribution in [0.2, 0.25) is 0 Å². The van der Waals surface area contributed by atoms with E-state index in [1.807, 2.05) is 0 Å². The molecule has 0 heterocycles. The zero-order chi connectivity index (χ0) is 0. The third-order valence-electron chi connectivity index (χ3n) is 0. The van der Waals surface area contributed by atoms with E-state index in [-0.39, 0.29) is 80.4 Å². The second kappa shape index (κ2) is 18.4. The Bertz CT molecular complexity index is 8.00. The van der Waals surface area contributed by atoms with Crippen molar-refractivity contribution in [2.24, 2.45) is 0 Å². The summed E-state index contributed by atoms with van der Waals surface area (Å²) >= 11 is 0. The van der Waals surface area contributed by atoms with Gasteiger partial charge in [0.25, 0.3) is 0 Å². The average molecular weight is 115 g/mol. The van der Waals surface area contributed by atoms with Gasteiger partial charge in [-0.1, -0.05) is 0 Å². The van der Waals surface area contributed by atoms with Crippen LogP contribution in [-0.4, -0.2) is 60.8 Å². The average Bonchev–Trinajstić information content (AvgIpc) is 0. The first-order valence-electron chi connectivity index (χ1n) is 0. The molecule has 4 heteroatoms. The SMILES string of the molecule is N.S.[Ca].[Mg]. The molecule has 0 saturated heterocycles. The molecule has 4 heavy (non-hydrogen) atoms. The van der Waals surface area contributed by atoms with Crippen molar-refractivity contribution in [3.8, 4) is 0 Å². The molecule has 0 aliphatic carbocycles. The molecule has 0 aliphatic rings. The minimum atomic E-state index is 0. The summed E-state index contributed by atoms with van der Waals surface area (Å²) in [6.45, 7) is 0. The summed E-state index contributed by atoms with van der Waals surface area (Å²) in [6.07, 6.45) is 0. The zero-order valence-corrected chi connectivity index (χ0v) is 7.24. The van der Waals surface area contributed by atoms with Crippen LogP contribution < -0.4 is 6.15 Å². The van der Waals surface area contributed by atoms with Gasteiger partial charge >= 0.3 is 0 Å². The molecule has 0 saturated carbocycles. The van der Waals surface area contributed by atoms with Crippen molar-refractivity contribution in [2.75, 3.05) is 0 Å². The van der Waals surface area contributed by atoms with Crippen LogP contribution in [0.25, 0.3) is 0 Å². The molecule has 0 amide bonds. The van der Waals surface area contributed by atoms with Crippen molar-refractivity contribution in [3.63, 3.8) is 0 Å². The molecule has 0 aromatic rings. The number of rotatable bonds is 0. The van der Waals surface area contributed by atoms with Gasteiger partial charge < -0.3 is 6.15 Å². The maximum Gasteiger partial charge on any atom is 0 e. The summed E-state index contributed by atoms with van der Waals surface area (Å²) in [7, 11) is 0. The van der Waals surface area contributed by atoms with Crippen LogP contribution in [0.1, 0.15) is 0 Å². The molecular weight excluding hydrogens is 110 g/mol. The van der Waals surface area contributed by atoms with Crippen molar-refractivity contribution in [3.05, 3.63) is 0 Å². The van der Waals surface area contributed by atoms with Gasteiger partial charge in [-0.25, -0.2) is 0 Å². The molecule has 0 rings (SSSR count). The zero-order valence-electron chi connectivity index (χ0n) is 2.62. The van der Waals surface area contributed by atoms with E-state index in [9.17, 15) is 0 Å². The van der Waals surface area contributed by atoms with Gasteiger partial charge in [-0.15, -0.1) is 0 Å². The van der Waals surface area contributed by atoms with Gasteiger partial charge in [0.1, 0.15) is 0 Å². The maximum atomic E-state index is 0. The minimum Gasteiger partial charge on any atom is -0.344 e. The Morgan fingerprint density at radius 2 is 1.00 bits per heavy atom. The molecule has 3 N–H and O–H groups in total. The minimum absolute atomic E-state index is 0. The standard InChI is InChI=1S/Ca.Mg.H3N.H2S/h;;1H3;1H2. The molecule has 0 atom stereocenters. The smallest absolute Gasteiger partial charge is 0 e. The van der Waals surface area contributed by atoms with Gasteiger partial charge in [0, 0.05) is 60.8 Å². The van der Waals surface area contributed by atoms with Crippen LogP contribution in [0.5, 0.6) is 0 Å². The van der Waals surface area contributed by atoms with Crippen LogP contribution in [-0.2, 0) is 0 Å². The molecule has 0 fully saturated rings. The Morgan fingerprint density at radius 3 is 1.00 bits per heavy atom. The molecule has 4 radical (unpaired) electrons. The summed E-state index contributed by atoms with van der Waals surface area (Å²) in [5.74, 6) is 0. The van der Waals surface area contributed by atoms with Gasteiger partial charge in [-0.2, -0.15) is 13.5 Å². The summed E-state index contributed by atoms with van der Waals surface area (Å²) < 4.78 is 0. The molecule has 0 spiro atoms. The van der Waals surface area contributed by atoms with Crippen LogP contribution in [0.4, 0.5) is 0 Å². The van der Waals surface area contributed by atoms with Gasteiger partial charge in [-0.05, 0) is 0 Å².